The first-order valence-corrected chi connectivity index (χ1v) is 8.88. The van der Waals surface area contributed by atoms with Gasteiger partial charge in [0, 0.05) is 0 Å². The quantitative estimate of drug-likeness (QED) is 0.591. The maximum absolute atomic E-state index is 11.5. The van der Waals surface area contributed by atoms with Crippen molar-refractivity contribution in [1.82, 2.24) is 0 Å². The van der Waals surface area contributed by atoms with Crippen LogP contribution in [0.5, 0.6) is 0 Å². The largest absolute Gasteiger partial charge is 0.466 e. The van der Waals surface area contributed by atoms with Crippen molar-refractivity contribution in [3.8, 4) is 0 Å². The Morgan fingerprint density at radius 3 is 2.41 bits per heavy atom. The number of benzene rings is 1. The zero-order valence-corrected chi connectivity index (χ0v) is 11.8. The van der Waals surface area contributed by atoms with E-state index in [-0.39, 0.29) is 5.97 Å². The fourth-order valence-electron chi connectivity index (χ4n) is 1.67. The summed E-state index contributed by atoms with van der Waals surface area (Å²) in [5.74, 6) is -0.172. The van der Waals surface area contributed by atoms with Gasteiger partial charge in [-0.3, -0.25) is 4.79 Å². The Bertz CT molecular complexity index is 396. The molecule has 0 bridgehead atoms. The van der Waals surface area contributed by atoms with Gasteiger partial charge in [0.25, 0.3) is 0 Å². The van der Waals surface area contributed by atoms with Gasteiger partial charge < -0.3 is 4.74 Å². The molecule has 0 N–H and O–H groups in total. The lowest BCUT2D eigenvalue weighted by Gasteiger charge is -2.25. The first kappa shape index (κ1) is 13.7. The van der Waals surface area contributed by atoms with E-state index in [0.717, 1.165) is 5.20 Å². The standard InChI is InChI=1S/C14H20O2Si/c1-5-16-14(15)11-12(2)17(3,4)13-9-7-6-8-10-13/h6-10H,2,5,11H2,1,3-4H3. The zero-order valence-electron chi connectivity index (χ0n) is 10.8. The van der Waals surface area contributed by atoms with E-state index < -0.39 is 8.07 Å². The highest BCUT2D eigenvalue weighted by Gasteiger charge is 2.28. The Morgan fingerprint density at radius 1 is 1.29 bits per heavy atom. The van der Waals surface area contributed by atoms with Crippen LogP contribution in [0.25, 0.3) is 0 Å². The third-order valence-corrected chi connectivity index (χ3v) is 6.76. The van der Waals surface area contributed by atoms with Crippen LogP contribution in [0.15, 0.2) is 42.1 Å². The summed E-state index contributed by atoms with van der Waals surface area (Å²) in [5, 5.41) is 2.32. The molecule has 1 rings (SSSR count). The summed E-state index contributed by atoms with van der Waals surface area (Å²) in [6.45, 7) is 10.8. The van der Waals surface area contributed by atoms with Crippen molar-refractivity contribution in [1.29, 1.82) is 0 Å². The molecular weight excluding hydrogens is 228 g/mol. The topological polar surface area (TPSA) is 26.3 Å². The second-order valence-corrected chi connectivity index (χ2v) is 9.11. The number of carbonyl (C=O) groups is 1. The SMILES string of the molecule is C=C(CC(=O)OCC)[Si](C)(C)c1ccccc1. The van der Waals surface area contributed by atoms with Crippen molar-refractivity contribution >= 4 is 19.2 Å². The molecule has 3 heteroatoms. The summed E-state index contributed by atoms with van der Waals surface area (Å²) in [6.07, 6.45) is 0.335. The first-order chi connectivity index (χ1) is 7.98. The molecule has 0 saturated carbocycles. The van der Waals surface area contributed by atoms with Gasteiger partial charge in [-0.25, -0.2) is 0 Å². The van der Waals surface area contributed by atoms with Crippen molar-refractivity contribution in [2.75, 3.05) is 6.61 Å². The average Bonchev–Trinajstić information content (AvgIpc) is 2.30. The Morgan fingerprint density at radius 2 is 1.88 bits per heavy atom. The van der Waals surface area contributed by atoms with Crippen LogP contribution in [0.2, 0.25) is 13.1 Å². The Hall–Kier alpha value is -1.35. The van der Waals surface area contributed by atoms with Crippen molar-refractivity contribution in [3.63, 3.8) is 0 Å². The third kappa shape index (κ3) is 3.56. The minimum Gasteiger partial charge on any atom is -0.466 e. The first-order valence-electron chi connectivity index (χ1n) is 5.88. The molecule has 0 aliphatic heterocycles. The van der Waals surface area contributed by atoms with Gasteiger partial charge in [0.1, 0.15) is 8.07 Å². The van der Waals surface area contributed by atoms with Gasteiger partial charge in [0.2, 0.25) is 0 Å². The van der Waals surface area contributed by atoms with Gasteiger partial charge in [-0.15, -0.1) is 6.58 Å². The molecule has 0 aliphatic rings. The van der Waals surface area contributed by atoms with Crippen LogP contribution < -0.4 is 5.19 Å². The Labute approximate surface area is 104 Å². The molecule has 0 spiro atoms. The van der Waals surface area contributed by atoms with Gasteiger partial charge in [-0.2, -0.15) is 0 Å². The molecule has 0 saturated heterocycles. The monoisotopic (exact) mass is 248 g/mol. The maximum Gasteiger partial charge on any atom is 0.309 e. The van der Waals surface area contributed by atoms with Gasteiger partial charge >= 0.3 is 5.97 Å². The average molecular weight is 248 g/mol. The van der Waals surface area contributed by atoms with Crippen LogP contribution in [0, 0.1) is 0 Å². The minimum atomic E-state index is -1.77. The minimum absolute atomic E-state index is 0.172. The molecule has 0 unspecified atom stereocenters. The summed E-state index contributed by atoms with van der Waals surface area (Å²) in [6, 6.07) is 10.3. The molecule has 0 radical (unpaired) electrons. The summed E-state index contributed by atoms with van der Waals surface area (Å²) in [5.41, 5.74) is 0. The van der Waals surface area contributed by atoms with E-state index in [9.17, 15) is 4.79 Å². The van der Waals surface area contributed by atoms with E-state index in [1.54, 1.807) is 0 Å². The number of carbonyl (C=O) groups excluding carboxylic acids is 1. The van der Waals surface area contributed by atoms with E-state index >= 15 is 0 Å². The second-order valence-electron chi connectivity index (χ2n) is 4.58. The predicted octanol–water partition coefficient (Wildman–Crippen LogP) is 2.65. The molecule has 17 heavy (non-hydrogen) atoms. The Balaban J connectivity index is 2.77. The van der Waals surface area contributed by atoms with Gasteiger partial charge in [-0.05, 0) is 6.92 Å². The number of ether oxygens (including phenoxy) is 1. The summed E-state index contributed by atoms with van der Waals surface area (Å²) in [7, 11) is -1.77. The number of esters is 1. The highest BCUT2D eigenvalue weighted by atomic mass is 28.3. The van der Waals surface area contributed by atoms with Crippen LogP contribution in [0.1, 0.15) is 13.3 Å². The van der Waals surface area contributed by atoms with Crippen LogP contribution >= 0.6 is 0 Å². The molecular formula is C14H20O2Si. The van der Waals surface area contributed by atoms with Crippen molar-refractivity contribution < 1.29 is 9.53 Å². The van der Waals surface area contributed by atoms with Crippen LogP contribution in [-0.2, 0) is 9.53 Å². The van der Waals surface area contributed by atoms with Crippen molar-refractivity contribution in [2.45, 2.75) is 26.4 Å². The molecule has 0 amide bonds. The van der Waals surface area contributed by atoms with E-state index in [1.165, 1.54) is 5.19 Å². The fourth-order valence-corrected chi connectivity index (χ4v) is 3.69. The number of hydrogen-bond acceptors (Lipinski definition) is 2. The molecule has 92 valence electrons. The maximum atomic E-state index is 11.5. The molecule has 0 heterocycles. The highest BCUT2D eigenvalue weighted by molar-refractivity contribution is 6.95. The lowest BCUT2D eigenvalue weighted by atomic mass is 10.4. The van der Waals surface area contributed by atoms with Gasteiger partial charge in [0.05, 0.1) is 13.0 Å². The Kier molecular flexibility index (Phi) is 4.69. The molecule has 1 aromatic rings. The van der Waals surface area contributed by atoms with Crippen LogP contribution in [0.4, 0.5) is 0 Å². The predicted molar refractivity (Wildman–Crippen MR) is 73.9 cm³/mol. The van der Waals surface area contributed by atoms with Gasteiger partial charge in [-0.1, -0.05) is 53.8 Å². The molecule has 0 atom stereocenters. The summed E-state index contributed by atoms with van der Waals surface area (Å²) in [4.78, 5) is 11.5. The van der Waals surface area contributed by atoms with E-state index in [4.69, 9.17) is 4.74 Å². The summed E-state index contributed by atoms with van der Waals surface area (Å²) >= 11 is 0. The molecule has 0 aliphatic carbocycles. The van der Waals surface area contributed by atoms with E-state index in [0.29, 0.717) is 13.0 Å². The van der Waals surface area contributed by atoms with E-state index in [2.05, 4.69) is 31.8 Å². The van der Waals surface area contributed by atoms with E-state index in [1.807, 2.05) is 25.1 Å². The van der Waals surface area contributed by atoms with Gasteiger partial charge in [0.15, 0.2) is 0 Å². The lowest BCUT2D eigenvalue weighted by Crippen LogP contribution is -2.44. The fraction of sp³-hybridized carbons (Fsp3) is 0.357. The van der Waals surface area contributed by atoms with Crippen LogP contribution in [0.3, 0.4) is 0 Å². The zero-order chi connectivity index (χ0) is 12.9. The normalized spacial score (nSPS) is 11.0. The van der Waals surface area contributed by atoms with Crippen molar-refractivity contribution in [3.05, 3.63) is 42.1 Å². The smallest absolute Gasteiger partial charge is 0.309 e. The second kappa shape index (κ2) is 5.82. The number of rotatable bonds is 5. The highest BCUT2D eigenvalue weighted by Crippen LogP contribution is 2.17. The third-order valence-electron chi connectivity index (χ3n) is 3.04. The molecule has 0 fully saturated rings. The lowest BCUT2D eigenvalue weighted by molar-refractivity contribution is -0.142. The number of hydrogen-bond donors (Lipinski definition) is 0. The summed E-state index contributed by atoms with van der Waals surface area (Å²) < 4.78 is 4.97. The molecule has 0 aromatic heterocycles. The molecule has 2 nitrogen and oxygen atoms in total. The molecule has 1 aromatic carbocycles. The van der Waals surface area contributed by atoms with Crippen LogP contribution in [-0.4, -0.2) is 20.7 Å². The van der Waals surface area contributed by atoms with Crippen molar-refractivity contribution in [2.24, 2.45) is 0 Å².